The Hall–Kier alpha value is -2.28. The van der Waals surface area contributed by atoms with Crippen molar-refractivity contribution in [2.75, 3.05) is 6.26 Å². The normalized spacial score (nSPS) is 13.7. The third kappa shape index (κ3) is 5.06. The molecule has 0 saturated heterocycles. The molecule has 0 aliphatic carbocycles. The number of aromatic nitrogens is 1. The smallest absolute Gasteiger partial charge is 0.175 e. The number of halogens is 2. The fourth-order valence-corrected chi connectivity index (χ4v) is 4.86. The van der Waals surface area contributed by atoms with Gasteiger partial charge in [0.1, 0.15) is 10.8 Å². The van der Waals surface area contributed by atoms with Gasteiger partial charge >= 0.3 is 0 Å². The average Bonchev–Trinajstić information content (AvgIpc) is 3.16. The number of benzene rings is 2. The maximum absolute atomic E-state index is 13.4. The summed E-state index contributed by atoms with van der Waals surface area (Å²) in [4.78, 5) is 5.94. The highest BCUT2D eigenvalue weighted by molar-refractivity contribution is 7.90. The summed E-state index contributed by atoms with van der Waals surface area (Å²) in [6, 6.07) is 12.9. The summed E-state index contributed by atoms with van der Waals surface area (Å²) in [5.74, 6) is -0.435. The number of hydrogen-bond donors (Lipinski definition) is 0. The average molecular weight is 462 g/mol. The Labute approximate surface area is 185 Å². The summed E-state index contributed by atoms with van der Waals surface area (Å²) < 4.78 is 37.0. The summed E-state index contributed by atoms with van der Waals surface area (Å²) in [6.07, 6.45) is 6.79. The van der Waals surface area contributed by atoms with Gasteiger partial charge in [-0.1, -0.05) is 42.8 Å². The van der Waals surface area contributed by atoms with E-state index in [-0.39, 0.29) is 16.6 Å². The molecule has 0 fully saturated rings. The van der Waals surface area contributed by atoms with Crippen LogP contribution in [-0.4, -0.2) is 19.7 Å². The molecular weight excluding hydrogens is 441 g/mol. The van der Waals surface area contributed by atoms with Gasteiger partial charge in [-0.05, 0) is 55.0 Å². The van der Waals surface area contributed by atoms with E-state index in [0.717, 1.165) is 21.0 Å². The molecule has 0 radical (unpaired) electrons. The molecule has 0 aliphatic rings. The first-order valence-electron chi connectivity index (χ1n) is 9.26. The van der Waals surface area contributed by atoms with Crippen molar-refractivity contribution in [1.29, 1.82) is 0 Å². The zero-order chi connectivity index (χ0) is 21.9. The molecule has 0 N–H and O–H groups in total. The molecule has 1 aromatic heterocycles. The molecule has 0 amide bonds. The van der Waals surface area contributed by atoms with Crippen molar-refractivity contribution < 1.29 is 12.8 Å². The van der Waals surface area contributed by atoms with Crippen LogP contribution in [0.25, 0.3) is 21.7 Å². The molecule has 3 aromatic rings. The van der Waals surface area contributed by atoms with Crippen LogP contribution in [0.5, 0.6) is 0 Å². The topological polar surface area (TPSA) is 47.0 Å². The van der Waals surface area contributed by atoms with Crippen LogP contribution in [0, 0.1) is 5.82 Å². The molecule has 1 heterocycles. The van der Waals surface area contributed by atoms with Crippen molar-refractivity contribution in [3.63, 3.8) is 0 Å². The lowest BCUT2D eigenvalue weighted by Crippen LogP contribution is -1.96. The van der Waals surface area contributed by atoms with Crippen LogP contribution in [0.3, 0.4) is 0 Å². The predicted octanol–water partition coefficient (Wildman–Crippen LogP) is 6.82. The van der Waals surface area contributed by atoms with Crippen LogP contribution in [0.1, 0.15) is 24.8 Å². The Morgan fingerprint density at radius 1 is 1.10 bits per heavy atom. The lowest BCUT2D eigenvalue weighted by Gasteiger charge is -2.05. The van der Waals surface area contributed by atoms with E-state index in [2.05, 4.69) is 0 Å². The number of allylic oxidation sites excluding steroid dienone is 4. The monoisotopic (exact) mass is 461 g/mol. The molecule has 1 atom stereocenters. The van der Waals surface area contributed by atoms with E-state index in [0.29, 0.717) is 10.7 Å². The largest absolute Gasteiger partial charge is 0.240 e. The third-order valence-electron chi connectivity index (χ3n) is 4.54. The van der Waals surface area contributed by atoms with E-state index in [1.165, 1.54) is 29.7 Å². The number of nitrogens with zero attached hydrogens (tertiary/aromatic N) is 1. The molecule has 0 saturated carbocycles. The van der Waals surface area contributed by atoms with Gasteiger partial charge < -0.3 is 0 Å². The molecule has 7 heteroatoms. The van der Waals surface area contributed by atoms with E-state index in [4.69, 9.17) is 16.6 Å². The molecule has 1 unspecified atom stereocenters. The number of sulfone groups is 1. The van der Waals surface area contributed by atoms with Gasteiger partial charge in [0.05, 0.1) is 15.5 Å². The standard InChI is InChI=1S/C23H21ClFNO2S2/c1-4-5-6-20(24)15(2)23-26-21(16-7-11-18(25)12-8-16)22(29-23)17-9-13-19(14-10-17)30(3,27)28/h4-15H,1-3H3/b5-4-,20-6+. The van der Waals surface area contributed by atoms with Crippen molar-refractivity contribution in [2.45, 2.75) is 24.7 Å². The van der Waals surface area contributed by atoms with Crippen LogP contribution in [0.2, 0.25) is 0 Å². The maximum atomic E-state index is 13.4. The molecule has 30 heavy (non-hydrogen) atoms. The molecule has 3 nitrogen and oxygen atoms in total. The molecule has 2 aromatic carbocycles. The zero-order valence-corrected chi connectivity index (χ0v) is 19.2. The van der Waals surface area contributed by atoms with E-state index in [9.17, 15) is 12.8 Å². The van der Waals surface area contributed by atoms with E-state index >= 15 is 0 Å². The van der Waals surface area contributed by atoms with Gasteiger partial charge in [0.15, 0.2) is 9.84 Å². The van der Waals surface area contributed by atoms with Gasteiger partial charge in [-0.25, -0.2) is 17.8 Å². The minimum atomic E-state index is -3.28. The first-order valence-corrected chi connectivity index (χ1v) is 12.3. The third-order valence-corrected chi connectivity index (χ3v) is 7.41. The highest BCUT2D eigenvalue weighted by atomic mass is 35.5. The molecule has 3 rings (SSSR count). The Morgan fingerprint density at radius 2 is 1.70 bits per heavy atom. The quantitative estimate of drug-likeness (QED) is 0.378. The number of thiazole rings is 1. The first-order chi connectivity index (χ1) is 14.2. The van der Waals surface area contributed by atoms with Gasteiger partial charge in [-0.3, -0.25) is 0 Å². The number of hydrogen-bond acceptors (Lipinski definition) is 4. The predicted molar refractivity (Wildman–Crippen MR) is 123 cm³/mol. The van der Waals surface area contributed by atoms with E-state index < -0.39 is 9.84 Å². The van der Waals surface area contributed by atoms with Crippen molar-refractivity contribution in [1.82, 2.24) is 4.98 Å². The summed E-state index contributed by atoms with van der Waals surface area (Å²) in [5, 5.41) is 1.48. The van der Waals surface area contributed by atoms with E-state index in [1.54, 1.807) is 36.4 Å². The lowest BCUT2D eigenvalue weighted by molar-refractivity contribution is 0.602. The maximum Gasteiger partial charge on any atom is 0.175 e. The highest BCUT2D eigenvalue weighted by Crippen LogP contribution is 2.41. The van der Waals surface area contributed by atoms with Gasteiger partial charge in [0, 0.05) is 22.8 Å². The minimum Gasteiger partial charge on any atom is -0.240 e. The van der Waals surface area contributed by atoms with Gasteiger partial charge in [0.25, 0.3) is 0 Å². The van der Waals surface area contributed by atoms with Crippen molar-refractivity contribution in [3.05, 3.63) is 82.6 Å². The van der Waals surface area contributed by atoms with Gasteiger partial charge in [-0.2, -0.15) is 0 Å². The molecule has 0 aliphatic heterocycles. The Balaban J connectivity index is 2.12. The minimum absolute atomic E-state index is 0.115. The van der Waals surface area contributed by atoms with Crippen molar-refractivity contribution in [2.24, 2.45) is 0 Å². The second-order valence-corrected chi connectivity index (χ2v) is 10.3. The van der Waals surface area contributed by atoms with Crippen LogP contribution < -0.4 is 0 Å². The van der Waals surface area contributed by atoms with Gasteiger partial charge in [0.2, 0.25) is 0 Å². The van der Waals surface area contributed by atoms with E-state index in [1.807, 2.05) is 32.1 Å². The summed E-state index contributed by atoms with van der Waals surface area (Å²) >= 11 is 7.94. The Morgan fingerprint density at radius 3 is 2.27 bits per heavy atom. The lowest BCUT2D eigenvalue weighted by atomic mass is 10.1. The zero-order valence-electron chi connectivity index (χ0n) is 16.8. The van der Waals surface area contributed by atoms with Crippen LogP contribution in [-0.2, 0) is 9.84 Å². The summed E-state index contributed by atoms with van der Waals surface area (Å²) in [5.41, 5.74) is 2.33. The van der Waals surface area contributed by atoms with Crippen molar-refractivity contribution in [3.8, 4) is 21.7 Å². The Kier molecular flexibility index (Phi) is 6.91. The van der Waals surface area contributed by atoms with Gasteiger partial charge in [-0.15, -0.1) is 11.3 Å². The fraction of sp³-hybridized carbons (Fsp3) is 0.174. The Bertz CT molecular complexity index is 1200. The van der Waals surface area contributed by atoms with Crippen molar-refractivity contribution >= 4 is 32.8 Å². The second-order valence-electron chi connectivity index (χ2n) is 6.83. The first kappa shape index (κ1) is 22.4. The molecule has 156 valence electrons. The molecule has 0 bridgehead atoms. The second kappa shape index (κ2) is 9.25. The van der Waals surface area contributed by atoms with Crippen LogP contribution >= 0.6 is 22.9 Å². The van der Waals surface area contributed by atoms with Crippen LogP contribution in [0.4, 0.5) is 4.39 Å². The highest BCUT2D eigenvalue weighted by Gasteiger charge is 2.20. The fourth-order valence-electron chi connectivity index (χ4n) is 2.82. The number of rotatable bonds is 6. The molecular formula is C23H21ClFNO2S2. The summed E-state index contributed by atoms with van der Waals surface area (Å²) in [7, 11) is -3.28. The SMILES string of the molecule is C/C=C\C=C(\Cl)C(C)c1nc(-c2ccc(F)cc2)c(-c2ccc(S(C)(=O)=O)cc2)s1. The van der Waals surface area contributed by atoms with Crippen LogP contribution in [0.15, 0.2) is 76.7 Å². The molecule has 0 spiro atoms. The summed E-state index contributed by atoms with van der Waals surface area (Å²) in [6.45, 7) is 3.89.